The molecule has 1 aliphatic carbocycles. The van der Waals surface area contributed by atoms with E-state index in [1.807, 2.05) is 36.4 Å². The van der Waals surface area contributed by atoms with Gasteiger partial charge in [0.1, 0.15) is 18.4 Å². The lowest BCUT2D eigenvalue weighted by molar-refractivity contribution is -0.160. The number of fused-ring (bicyclic) bond motifs is 1. The highest BCUT2D eigenvalue weighted by molar-refractivity contribution is 5.88. The second-order valence-electron chi connectivity index (χ2n) is 10.0. The van der Waals surface area contributed by atoms with Crippen LogP contribution < -0.4 is 9.47 Å². The van der Waals surface area contributed by atoms with Crippen LogP contribution in [0.5, 0.6) is 17.2 Å². The van der Waals surface area contributed by atoms with E-state index in [0.29, 0.717) is 17.1 Å². The number of carbonyl (C=O) groups excluding carboxylic acids is 1. The number of phenols is 1. The Morgan fingerprint density at radius 3 is 2.38 bits per heavy atom. The number of methoxy groups -OCH3 is 1. The molecule has 2 N–H and O–H groups in total. The highest BCUT2D eigenvalue weighted by Gasteiger charge is 2.41. The number of aromatic hydroxyl groups is 1. The van der Waals surface area contributed by atoms with Crippen LogP contribution in [0.1, 0.15) is 54.0 Å². The molecule has 0 aromatic heterocycles. The third-order valence-electron chi connectivity index (χ3n) is 7.50. The lowest BCUT2D eigenvalue weighted by Crippen LogP contribution is -2.50. The van der Waals surface area contributed by atoms with Gasteiger partial charge in [0.05, 0.1) is 13.2 Å². The molecule has 0 radical (unpaired) electrons. The lowest BCUT2D eigenvalue weighted by Gasteiger charge is -2.37. The molecule has 39 heavy (non-hydrogen) atoms. The molecule has 1 heterocycles. The largest absolute Gasteiger partial charge is 0.508 e. The molecular weight excluding hydrogens is 498 g/mol. The number of amides is 1. The van der Waals surface area contributed by atoms with Crippen molar-refractivity contribution in [2.45, 2.75) is 63.5 Å². The summed E-state index contributed by atoms with van der Waals surface area (Å²) in [6, 6.07) is 18.5. The van der Waals surface area contributed by atoms with Gasteiger partial charge < -0.3 is 29.3 Å². The molecule has 1 amide bonds. The molecule has 3 aromatic rings. The summed E-state index contributed by atoms with van der Waals surface area (Å²) in [6.07, 6.45) is 3.08. The molecule has 8 heteroatoms. The van der Waals surface area contributed by atoms with Crippen LogP contribution in [0.15, 0.2) is 66.7 Å². The van der Waals surface area contributed by atoms with E-state index in [9.17, 15) is 19.8 Å². The summed E-state index contributed by atoms with van der Waals surface area (Å²) in [5.74, 6) is -0.331. The fourth-order valence-electron chi connectivity index (χ4n) is 5.41. The third kappa shape index (κ3) is 5.86. The van der Waals surface area contributed by atoms with E-state index in [2.05, 4.69) is 0 Å². The molecular formula is C31H33NO7. The highest BCUT2D eigenvalue weighted by Crippen LogP contribution is 2.40. The van der Waals surface area contributed by atoms with Crippen LogP contribution in [0.25, 0.3) is 0 Å². The van der Waals surface area contributed by atoms with Crippen molar-refractivity contribution in [3.8, 4) is 17.2 Å². The SMILES string of the molecule is COc1ccc2c(c1OCc1ccc(O)cc1)CC(C(=O)O)N(C(=O)C(OC1CCCC1)c1ccccc1)C2. The maximum absolute atomic E-state index is 14.0. The van der Waals surface area contributed by atoms with E-state index in [0.717, 1.165) is 42.4 Å². The Bertz CT molecular complexity index is 1300. The van der Waals surface area contributed by atoms with Gasteiger partial charge in [0.2, 0.25) is 0 Å². The van der Waals surface area contributed by atoms with Gasteiger partial charge in [-0.05, 0) is 47.7 Å². The second kappa shape index (κ2) is 11.8. The third-order valence-corrected chi connectivity index (χ3v) is 7.50. The monoisotopic (exact) mass is 531 g/mol. The van der Waals surface area contributed by atoms with Gasteiger partial charge in [-0.1, -0.05) is 61.4 Å². The summed E-state index contributed by atoms with van der Waals surface area (Å²) >= 11 is 0. The highest BCUT2D eigenvalue weighted by atomic mass is 16.5. The van der Waals surface area contributed by atoms with Crippen molar-refractivity contribution in [2.75, 3.05) is 7.11 Å². The maximum atomic E-state index is 14.0. The van der Waals surface area contributed by atoms with E-state index < -0.39 is 18.1 Å². The van der Waals surface area contributed by atoms with Gasteiger partial charge in [-0.15, -0.1) is 0 Å². The standard InChI is InChI=1S/C31H33NO7/c1-37-27-16-13-22-18-32(30(34)28(21-7-3-2-4-8-21)39-24-9-5-6-10-24)26(31(35)36)17-25(22)29(27)38-19-20-11-14-23(33)15-12-20/h2-4,7-8,11-16,24,26,28,33H,5-6,9-10,17-19H2,1H3,(H,35,36). The Morgan fingerprint density at radius 2 is 1.72 bits per heavy atom. The number of nitrogens with zero attached hydrogens (tertiary/aromatic N) is 1. The Labute approximate surface area is 227 Å². The minimum atomic E-state index is -1.09. The summed E-state index contributed by atoms with van der Waals surface area (Å²) in [6.45, 7) is 0.320. The van der Waals surface area contributed by atoms with E-state index >= 15 is 0 Å². The predicted molar refractivity (Wildman–Crippen MR) is 144 cm³/mol. The molecule has 5 rings (SSSR count). The number of carboxylic acids is 1. The average molecular weight is 532 g/mol. The van der Waals surface area contributed by atoms with Crippen molar-refractivity contribution in [1.82, 2.24) is 4.90 Å². The van der Waals surface area contributed by atoms with Gasteiger partial charge in [-0.25, -0.2) is 4.79 Å². The summed E-state index contributed by atoms with van der Waals surface area (Å²) in [5.41, 5.74) is 3.06. The Balaban J connectivity index is 1.45. The topological polar surface area (TPSA) is 106 Å². The molecule has 0 spiro atoms. The summed E-state index contributed by atoms with van der Waals surface area (Å²) in [7, 11) is 1.54. The van der Waals surface area contributed by atoms with Crippen LogP contribution >= 0.6 is 0 Å². The molecule has 1 saturated carbocycles. The first kappa shape index (κ1) is 26.6. The van der Waals surface area contributed by atoms with Gasteiger partial charge in [0.15, 0.2) is 17.6 Å². The van der Waals surface area contributed by atoms with Crippen molar-refractivity contribution in [2.24, 2.45) is 0 Å². The fraction of sp³-hybridized carbons (Fsp3) is 0.355. The van der Waals surface area contributed by atoms with Crippen LogP contribution in [0.4, 0.5) is 0 Å². The number of hydrogen-bond donors (Lipinski definition) is 2. The van der Waals surface area contributed by atoms with Crippen molar-refractivity contribution >= 4 is 11.9 Å². The minimum Gasteiger partial charge on any atom is -0.508 e. The summed E-state index contributed by atoms with van der Waals surface area (Å²) < 4.78 is 18.0. The molecule has 2 aliphatic rings. The zero-order chi connectivity index (χ0) is 27.4. The van der Waals surface area contributed by atoms with Crippen LogP contribution in [0.2, 0.25) is 0 Å². The molecule has 2 unspecified atom stereocenters. The minimum absolute atomic E-state index is 0.0244. The summed E-state index contributed by atoms with van der Waals surface area (Å²) in [5, 5.41) is 19.8. The first-order valence-electron chi connectivity index (χ1n) is 13.3. The number of rotatable bonds is 9. The van der Waals surface area contributed by atoms with Gasteiger partial charge in [0, 0.05) is 18.5 Å². The van der Waals surface area contributed by atoms with Crippen molar-refractivity contribution in [3.05, 3.63) is 89.0 Å². The molecule has 1 fully saturated rings. The van der Waals surface area contributed by atoms with Crippen LogP contribution in [-0.2, 0) is 33.9 Å². The van der Waals surface area contributed by atoms with E-state index in [1.54, 1.807) is 30.3 Å². The molecule has 204 valence electrons. The normalized spacial score (nSPS) is 17.9. The number of carboxylic acid groups (broad SMARTS) is 1. The van der Waals surface area contributed by atoms with Crippen LogP contribution in [0.3, 0.4) is 0 Å². The second-order valence-corrected chi connectivity index (χ2v) is 10.0. The molecule has 1 aliphatic heterocycles. The van der Waals surface area contributed by atoms with Gasteiger partial charge >= 0.3 is 5.97 Å². The fourth-order valence-corrected chi connectivity index (χ4v) is 5.41. The quantitative estimate of drug-likeness (QED) is 0.400. The van der Waals surface area contributed by atoms with E-state index in [4.69, 9.17) is 14.2 Å². The van der Waals surface area contributed by atoms with Gasteiger partial charge in [0.25, 0.3) is 5.91 Å². The number of phenolic OH excluding ortho intramolecular Hbond substituents is 1. The number of aliphatic carboxylic acids is 1. The van der Waals surface area contributed by atoms with Crippen LogP contribution in [0, 0.1) is 0 Å². The van der Waals surface area contributed by atoms with E-state index in [-0.39, 0.29) is 37.3 Å². The number of hydrogen-bond acceptors (Lipinski definition) is 6. The Morgan fingerprint density at radius 1 is 1.00 bits per heavy atom. The zero-order valence-electron chi connectivity index (χ0n) is 21.9. The Hall–Kier alpha value is -4.04. The zero-order valence-corrected chi connectivity index (χ0v) is 21.9. The molecule has 0 saturated heterocycles. The maximum Gasteiger partial charge on any atom is 0.326 e. The predicted octanol–water partition coefficient (Wildman–Crippen LogP) is 5.02. The smallest absolute Gasteiger partial charge is 0.326 e. The lowest BCUT2D eigenvalue weighted by atomic mass is 9.91. The van der Waals surface area contributed by atoms with Gasteiger partial charge in [-0.3, -0.25) is 4.79 Å². The van der Waals surface area contributed by atoms with Gasteiger partial charge in [-0.2, -0.15) is 0 Å². The molecule has 2 atom stereocenters. The number of ether oxygens (including phenoxy) is 3. The Kier molecular flexibility index (Phi) is 8.02. The molecule has 8 nitrogen and oxygen atoms in total. The number of carbonyl (C=O) groups is 2. The average Bonchev–Trinajstić information content (AvgIpc) is 3.48. The first-order chi connectivity index (χ1) is 18.9. The number of benzene rings is 3. The molecule has 3 aromatic carbocycles. The first-order valence-corrected chi connectivity index (χ1v) is 13.3. The van der Waals surface area contributed by atoms with Crippen LogP contribution in [-0.4, -0.2) is 46.2 Å². The van der Waals surface area contributed by atoms with E-state index in [1.165, 1.54) is 12.0 Å². The van der Waals surface area contributed by atoms with Crippen molar-refractivity contribution < 1.29 is 34.0 Å². The summed E-state index contributed by atoms with van der Waals surface area (Å²) in [4.78, 5) is 28.0. The van der Waals surface area contributed by atoms with Crippen molar-refractivity contribution in [1.29, 1.82) is 0 Å². The molecule has 0 bridgehead atoms. The van der Waals surface area contributed by atoms with Crippen molar-refractivity contribution in [3.63, 3.8) is 0 Å².